The Kier molecular flexibility index (Phi) is 50.3. The van der Waals surface area contributed by atoms with Gasteiger partial charge < -0.3 is 114 Å². The second kappa shape index (κ2) is 62.8. The first-order valence-corrected chi connectivity index (χ1v) is 44.7. The van der Waals surface area contributed by atoms with Gasteiger partial charge in [0.25, 0.3) is 0 Å². The number of pyridine rings is 2. The molecule has 2 atom stereocenters. The number of rotatable bonds is 73. The van der Waals surface area contributed by atoms with Crippen LogP contribution in [0.2, 0.25) is 0 Å². The highest BCUT2D eigenvalue weighted by Gasteiger charge is 2.35. The summed E-state index contributed by atoms with van der Waals surface area (Å²) in [5.74, 6) is 0. The molecule has 0 N–H and O–H groups in total. The van der Waals surface area contributed by atoms with Crippen LogP contribution >= 0.6 is 0 Å². The zero-order chi connectivity index (χ0) is 88.4. The van der Waals surface area contributed by atoms with E-state index in [-0.39, 0.29) is 12.1 Å². The molecule has 1 aliphatic heterocycles. The smallest absolute Gasteiger partial charge is 0.0724 e. The molecule has 1 fully saturated rings. The van der Waals surface area contributed by atoms with Crippen molar-refractivity contribution in [3.63, 3.8) is 0 Å². The fourth-order valence-corrected chi connectivity index (χ4v) is 15.1. The van der Waals surface area contributed by atoms with Gasteiger partial charge in [0, 0.05) is 60.3 Å². The van der Waals surface area contributed by atoms with Crippen LogP contribution in [-0.2, 0) is 160 Å². The quantitative estimate of drug-likeness (QED) is 0.0321. The van der Waals surface area contributed by atoms with E-state index in [1.54, 1.807) is 42.7 Å². The van der Waals surface area contributed by atoms with Gasteiger partial charge in [-0.2, -0.15) is 0 Å². The number of hydrogen-bond acceptors (Lipinski definition) is 27. The van der Waals surface area contributed by atoms with Crippen molar-refractivity contribution in [2.75, 3.05) is 281 Å². The number of benzene rings is 7. The highest BCUT2D eigenvalue weighted by molar-refractivity contribution is 5.95. The highest BCUT2D eigenvalue weighted by Crippen LogP contribution is 2.44. The Hall–Kier alpha value is -7.38. The first kappa shape index (κ1) is 102. The average Bonchev–Trinajstić information content (AvgIpc) is 0.782. The monoisotopic (exact) mass is 1760 g/mol. The number of fused-ring (bicyclic) bond motifs is 3. The molecule has 2 aromatic heterocycles. The third kappa shape index (κ3) is 36.4. The molecule has 7 aromatic carbocycles. The molecule has 0 amide bonds. The Morgan fingerprint density at radius 1 is 0.236 bits per heavy atom. The van der Waals surface area contributed by atoms with Crippen molar-refractivity contribution in [3.05, 3.63) is 202 Å². The fraction of sp³-hybridized carbons (Fsp3) is 0.540. The summed E-state index contributed by atoms with van der Waals surface area (Å²) in [5.41, 5.74) is 15.1. The van der Waals surface area contributed by atoms with Crippen LogP contribution in [0.5, 0.6) is 0 Å². The lowest BCUT2D eigenvalue weighted by molar-refractivity contribution is 0.000526. The van der Waals surface area contributed by atoms with E-state index in [1.807, 2.05) is 0 Å². The minimum atomic E-state index is -0.134. The van der Waals surface area contributed by atoms with Gasteiger partial charge >= 0.3 is 0 Å². The van der Waals surface area contributed by atoms with Crippen molar-refractivity contribution in [3.8, 4) is 33.6 Å². The molecular weight excluding hydrogens is 1630 g/mol. The van der Waals surface area contributed by atoms with Crippen LogP contribution in [-0.4, -0.2) is 295 Å². The van der Waals surface area contributed by atoms with E-state index < -0.39 is 0 Å². The van der Waals surface area contributed by atoms with Crippen molar-refractivity contribution in [1.82, 2.24) is 14.9 Å². The minimum absolute atomic E-state index is 0.134. The van der Waals surface area contributed by atoms with Gasteiger partial charge in [0.05, 0.1) is 312 Å². The maximum atomic E-state index is 6.50. The molecule has 127 heavy (non-hydrogen) atoms. The summed E-state index contributed by atoms with van der Waals surface area (Å²) in [5, 5.41) is 6.42. The third-order valence-electron chi connectivity index (χ3n) is 21.2. The summed E-state index contributed by atoms with van der Waals surface area (Å²) in [4.78, 5) is 14.1. The predicted octanol–water partition coefficient (Wildman–Crippen LogP) is 14.6. The van der Waals surface area contributed by atoms with Gasteiger partial charge in [-0.25, -0.2) is 0 Å². The molecule has 2 unspecified atom stereocenters. The summed E-state index contributed by atoms with van der Waals surface area (Å²) in [7, 11) is 9.97. The van der Waals surface area contributed by atoms with E-state index in [9.17, 15) is 0 Å². The Balaban J connectivity index is 0.981. The summed E-state index contributed by atoms with van der Waals surface area (Å²) < 4.78 is 138. The van der Waals surface area contributed by atoms with Crippen LogP contribution < -0.4 is 0 Å². The van der Waals surface area contributed by atoms with Crippen molar-refractivity contribution in [2.24, 2.45) is 0 Å². The number of hydrogen-bond donors (Lipinski definition) is 0. The molecule has 27 heteroatoms. The zero-order valence-corrected chi connectivity index (χ0v) is 75.8. The molecule has 696 valence electrons. The first-order valence-electron chi connectivity index (χ1n) is 44.7. The lowest BCUT2D eigenvalue weighted by Gasteiger charge is -2.42. The molecule has 0 saturated carbocycles. The van der Waals surface area contributed by atoms with Gasteiger partial charge in [0.15, 0.2) is 0 Å². The van der Waals surface area contributed by atoms with Gasteiger partial charge in [0.2, 0.25) is 0 Å². The molecule has 1 aliphatic rings. The van der Waals surface area contributed by atoms with Crippen LogP contribution in [0.3, 0.4) is 0 Å². The molecular formula is C100H137N3O24. The van der Waals surface area contributed by atoms with E-state index in [2.05, 4.69) is 157 Å². The van der Waals surface area contributed by atoms with Crippen LogP contribution in [0.25, 0.3) is 66.0 Å². The zero-order valence-electron chi connectivity index (χ0n) is 75.8. The van der Waals surface area contributed by atoms with Crippen LogP contribution in [0.15, 0.2) is 152 Å². The molecule has 3 heterocycles. The maximum absolute atomic E-state index is 6.50. The fourth-order valence-electron chi connectivity index (χ4n) is 15.1. The second-order valence-corrected chi connectivity index (χ2v) is 30.3. The van der Waals surface area contributed by atoms with E-state index >= 15 is 0 Å². The molecule has 1 saturated heterocycles. The molecule has 10 rings (SSSR count). The van der Waals surface area contributed by atoms with Crippen molar-refractivity contribution in [1.29, 1.82) is 0 Å². The number of methoxy groups -OCH3 is 6. The Morgan fingerprint density at radius 2 is 0.488 bits per heavy atom. The second-order valence-electron chi connectivity index (χ2n) is 30.3. The lowest BCUT2D eigenvalue weighted by atomic mass is 9.89. The first-order chi connectivity index (χ1) is 62.9. The van der Waals surface area contributed by atoms with E-state index in [4.69, 9.17) is 124 Å². The number of ether oxygens (including phenoxy) is 24. The van der Waals surface area contributed by atoms with Gasteiger partial charge in [-0.05, 0) is 168 Å². The van der Waals surface area contributed by atoms with E-state index in [0.29, 0.717) is 284 Å². The van der Waals surface area contributed by atoms with Crippen molar-refractivity contribution >= 4 is 32.3 Å². The highest BCUT2D eigenvalue weighted by atomic mass is 16.6. The molecule has 9 aromatic rings. The third-order valence-corrected chi connectivity index (χ3v) is 21.2. The van der Waals surface area contributed by atoms with Crippen molar-refractivity contribution < 1.29 is 114 Å². The van der Waals surface area contributed by atoms with Crippen LogP contribution in [0, 0.1) is 0 Å². The maximum Gasteiger partial charge on any atom is 0.0724 e. The van der Waals surface area contributed by atoms with Gasteiger partial charge in [-0.1, -0.05) is 84.9 Å². The topological polar surface area (TPSA) is 251 Å². The predicted molar refractivity (Wildman–Crippen MR) is 488 cm³/mol. The van der Waals surface area contributed by atoms with Gasteiger partial charge in [0.1, 0.15) is 0 Å². The Morgan fingerprint density at radius 3 is 0.787 bits per heavy atom. The molecule has 0 spiro atoms. The van der Waals surface area contributed by atoms with E-state index in [1.165, 1.54) is 0 Å². The summed E-state index contributed by atoms with van der Waals surface area (Å²) >= 11 is 0. The number of aromatic nitrogens is 2. The molecule has 0 radical (unpaired) electrons. The largest absolute Gasteiger partial charge is 0.382 e. The van der Waals surface area contributed by atoms with Crippen LogP contribution in [0.4, 0.5) is 0 Å². The number of nitrogens with zero attached hydrogens (tertiary/aromatic N) is 3. The van der Waals surface area contributed by atoms with Crippen LogP contribution in [0.1, 0.15) is 81.7 Å². The number of piperidine rings is 1. The van der Waals surface area contributed by atoms with Crippen molar-refractivity contribution in [2.45, 2.75) is 77.5 Å². The lowest BCUT2D eigenvalue weighted by Crippen LogP contribution is -2.37. The number of likely N-dealkylation sites (tertiary alicyclic amines) is 1. The Labute approximate surface area is 750 Å². The minimum Gasteiger partial charge on any atom is -0.382 e. The average molecular weight is 1770 g/mol. The molecule has 27 nitrogen and oxygen atoms in total. The SMILES string of the molecule is COCCOCCOCCOCc1cccc2cc(-c3cccc(CN4C(c5cccc(-c6cc(COCCOCCOCCOC)c7c(COCCOCCOCCOC)cccc7c6)n5)CCCC4c4cccc(-c5cc(COCCOCCOCCOC)c6c(COCCOCCOCCOC)cccc6c5)n4)c3)cc(COCCOCCOCCOC)c12. The standard InChI is InChI=1S/C100H137N3O24/c1-104-28-34-110-40-46-116-52-58-122-72-83-19-8-16-80-65-86(68-89(98(80)83)75-125-61-55-119-49-43-113-37-31-107-4)79-15-7-14-78(64-79)71-103-96(94-24-11-22-92(101-94)87-66-81-17-9-20-84(73-123-59-53-117-47-41-111-35-29-105-2)99(81)90(69-87)76-126-62-56-120-50-44-114-38-32-108-5)26-13-27-97(103)95-25-12-23-93(102-95)88-67-82-18-10-21-85(74-124-60-54-118-48-42-112-36-30-106-3)100(82)91(70-88)77-127-63-57-121-51-45-115-39-33-109-6/h7-12,14-25,64-70,96-97H,13,26-63,71-77H2,1-6H3. The van der Waals surface area contributed by atoms with E-state index in [0.717, 1.165) is 136 Å². The molecule has 0 bridgehead atoms. The van der Waals surface area contributed by atoms with Gasteiger partial charge in [-0.15, -0.1) is 0 Å². The summed E-state index contributed by atoms with van der Waals surface area (Å²) in [6, 6.07) is 54.4. The Bertz CT molecular complexity index is 4280. The van der Waals surface area contributed by atoms with Gasteiger partial charge in [-0.3, -0.25) is 14.9 Å². The molecule has 0 aliphatic carbocycles. The summed E-state index contributed by atoms with van der Waals surface area (Å²) in [6.45, 7) is 19.7. The summed E-state index contributed by atoms with van der Waals surface area (Å²) in [6.07, 6.45) is 2.64. The normalized spacial score (nSPS) is 13.8.